The van der Waals surface area contributed by atoms with E-state index in [-0.39, 0.29) is 16.9 Å². The van der Waals surface area contributed by atoms with Gasteiger partial charge in [-0.1, -0.05) is 20.8 Å². The molecule has 2 saturated carbocycles. The van der Waals surface area contributed by atoms with E-state index in [0.29, 0.717) is 5.92 Å². The molecule has 2 aliphatic rings. The van der Waals surface area contributed by atoms with E-state index in [0.717, 1.165) is 12.8 Å². The molecular weight excluding hydrogens is 178 g/mol. The van der Waals surface area contributed by atoms with Crippen LogP contribution in [0.25, 0.3) is 0 Å². The molecule has 1 amide bonds. The topological polar surface area (TPSA) is 52.3 Å². The molecule has 3 atom stereocenters. The summed E-state index contributed by atoms with van der Waals surface area (Å²) in [6.45, 7) is 6.80. The van der Waals surface area contributed by atoms with Crippen LogP contribution in [-0.4, -0.2) is 12.2 Å². The molecule has 80 valence electrons. The highest BCUT2D eigenvalue weighted by Gasteiger charge is 2.62. The largest absolute Gasteiger partial charge is 0.446 e. The van der Waals surface area contributed by atoms with E-state index in [2.05, 4.69) is 20.8 Å². The van der Waals surface area contributed by atoms with Crippen molar-refractivity contribution >= 4 is 6.09 Å². The Hall–Kier alpha value is -0.730. The Kier molecular flexibility index (Phi) is 1.85. The molecule has 0 unspecified atom stereocenters. The highest BCUT2D eigenvalue weighted by Crippen LogP contribution is 2.66. The zero-order valence-electron chi connectivity index (χ0n) is 9.17. The third-order valence-electron chi connectivity index (χ3n) is 4.97. The van der Waals surface area contributed by atoms with Crippen LogP contribution in [-0.2, 0) is 4.74 Å². The van der Waals surface area contributed by atoms with Crippen molar-refractivity contribution in [2.75, 3.05) is 0 Å². The highest BCUT2D eigenvalue weighted by atomic mass is 16.6. The van der Waals surface area contributed by atoms with Crippen molar-refractivity contribution in [1.82, 2.24) is 0 Å². The van der Waals surface area contributed by atoms with E-state index in [9.17, 15) is 4.79 Å². The zero-order chi connectivity index (χ0) is 10.6. The second-order valence-corrected chi connectivity index (χ2v) is 5.54. The summed E-state index contributed by atoms with van der Waals surface area (Å²) in [5.74, 6) is 0.692. The van der Waals surface area contributed by atoms with Crippen LogP contribution in [0.4, 0.5) is 4.79 Å². The quantitative estimate of drug-likeness (QED) is 0.701. The molecule has 14 heavy (non-hydrogen) atoms. The monoisotopic (exact) mass is 197 g/mol. The molecule has 0 saturated heterocycles. The van der Waals surface area contributed by atoms with Crippen molar-refractivity contribution in [2.24, 2.45) is 22.5 Å². The minimum atomic E-state index is -0.625. The van der Waals surface area contributed by atoms with Gasteiger partial charge >= 0.3 is 6.09 Å². The first-order valence-electron chi connectivity index (χ1n) is 5.34. The van der Waals surface area contributed by atoms with E-state index in [1.807, 2.05) is 0 Å². The Labute approximate surface area is 85.0 Å². The standard InChI is InChI=1S/C11H19NO2/c1-10(2)7-4-5-11(10,3)8(6-7)14-9(12)13/h7-8H,4-6H2,1-3H3,(H2,12,13)/t7-,8+,11+/m0/s1. The lowest BCUT2D eigenvalue weighted by Crippen LogP contribution is -2.39. The SMILES string of the molecule is CC1(C)[C@H]2CC[C@]1(C)[C@H](OC(N)=O)C2. The Balaban J connectivity index is 2.23. The average Bonchev–Trinajstić information content (AvgIpc) is 2.35. The van der Waals surface area contributed by atoms with E-state index in [4.69, 9.17) is 10.5 Å². The summed E-state index contributed by atoms with van der Waals surface area (Å²) >= 11 is 0. The number of nitrogens with two attached hydrogens (primary N) is 1. The van der Waals surface area contributed by atoms with E-state index >= 15 is 0 Å². The van der Waals surface area contributed by atoms with Crippen LogP contribution in [0.15, 0.2) is 0 Å². The second kappa shape index (κ2) is 2.65. The first kappa shape index (κ1) is 9.81. The molecule has 0 radical (unpaired) electrons. The number of ether oxygens (including phenoxy) is 1. The summed E-state index contributed by atoms with van der Waals surface area (Å²) in [7, 11) is 0. The molecule has 0 spiro atoms. The first-order chi connectivity index (χ1) is 6.38. The van der Waals surface area contributed by atoms with E-state index in [1.165, 1.54) is 6.42 Å². The van der Waals surface area contributed by atoms with Crippen LogP contribution in [0.5, 0.6) is 0 Å². The van der Waals surface area contributed by atoms with Gasteiger partial charge in [0.1, 0.15) is 6.10 Å². The van der Waals surface area contributed by atoms with Crippen molar-refractivity contribution in [2.45, 2.75) is 46.1 Å². The molecule has 2 fully saturated rings. The zero-order valence-corrected chi connectivity index (χ0v) is 9.17. The van der Waals surface area contributed by atoms with Gasteiger partial charge < -0.3 is 10.5 Å². The fraction of sp³-hybridized carbons (Fsp3) is 0.909. The van der Waals surface area contributed by atoms with Gasteiger partial charge in [-0.25, -0.2) is 4.79 Å². The van der Waals surface area contributed by atoms with Crippen LogP contribution in [0.3, 0.4) is 0 Å². The van der Waals surface area contributed by atoms with Gasteiger partial charge in [0, 0.05) is 5.41 Å². The van der Waals surface area contributed by atoms with Gasteiger partial charge in [-0.05, 0) is 30.6 Å². The van der Waals surface area contributed by atoms with Gasteiger partial charge in [-0.3, -0.25) is 0 Å². The van der Waals surface area contributed by atoms with Crippen molar-refractivity contribution in [3.8, 4) is 0 Å². The molecular formula is C11H19NO2. The molecule has 0 heterocycles. The Morgan fingerprint density at radius 1 is 1.43 bits per heavy atom. The minimum absolute atomic E-state index is 0.0359. The summed E-state index contributed by atoms with van der Waals surface area (Å²) in [5.41, 5.74) is 5.51. The number of carbonyl (C=O) groups excluding carboxylic acids is 1. The maximum Gasteiger partial charge on any atom is 0.404 e. The van der Waals surface area contributed by atoms with Gasteiger partial charge in [0.2, 0.25) is 0 Å². The molecule has 2 bridgehead atoms. The predicted octanol–water partition coefficient (Wildman–Crippen LogP) is 2.30. The normalized spacial score (nSPS) is 43.9. The molecule has 0 aromatic rings. The van der Waals surface area contributed by atoms with Gasteiger partial charge in [0.25, 0.3) is 0 Å². The summed E-state index contributed by atoms with van der Waals surface area (Å²) in [5, 5.41) is 0. The Morgan fingerprint density at radius 3 is 2.43 bits per heavy atom. The van der Waals surface area contributed by atoms with E-state index in [1.54, 1.807) is 0 Å². The Bertz CT molecular complexity index is 274. The predicted molar refractivity (Wildman–Crippen MR) is 53.7 cm³/mol. The van der Waals surface area contributed by atoms with Crippen LogP contribution >= 0.6 is 0 Å². The molecule has 0 aromatic heterocycles. The third kappa shape index (κ3) is 1.01. The van der Waals surface area contributed by atoms with E-state index < -0.39 is 6.09 Å². The van der Waals surface area contributed by atoms with Crippen LogP contribution in [0, 0.1) is 16.7 Å². The molecule has 3 nitrogen and oxygen atoms in total. The van der Waals surface area contributed by atoms with Crippen molar-refractivity contribution in [3.63, 3.8) is 0 Å². The highest BCUT2D eigenvalue weighted by molar-refractivity contribution is 5.65. The summed E-state index contributed by atoms with van der Waals surface area (Å²) in [6, 6.07) is 0. The number of primary amides is 1. The lowest BCUT2D eigenvalue weighted by atomic mass is 9.70. The van der Waals surface area contributed by atoms with Gasteiger partial charge in [-0.15, -0.1) is 0 Å². The summed E-state index contributed by atoms with van der Waals surface area (Å²) < 4.78 is 5.22. The van der Waals surface area contributed by atoms with Gasteiger partial charge in [0.05, 0.1) is 0 Å². The smallest absolute Gasteiger partial charge is 0.404 e. The summed E-state index contributed by atoms with van der Waals surface area (Å²) in [6.07, 6.45) is 2.82. The van der Waals surface area contributed by atoms with Crippen molar-refractivity contribution in [3.05, 3.63) is 0 Å². The number of rotatable bonds is 1. The first-order valence-corrected chi connectivity index (χ1v) is 5.34. The maximum absolute atomic E-state index is 10.8. The van der Waals surface area contributed by atoms with Crippen LogP contribution < -0.4 is 5.73 Å². The molecule has 2 rings (SSSR count). The molecule has 3 heteroatoms. The second-order valence-electron chi connectivity index (χ2n) is 5.54. The fourth-order valence-electron chi connectivity index (χ4n) is 3.45. The maximum atomic E-state index is 10.8. The number of carbonyl (C=O) groups is 1. The van der Waals surface area contributed by atoms with Crippen molar-refractivity contribution < 1.29 is 9.53 Å². The minimum Gasteiger partial charge on any atom is -0.446 e. The number of hydrogen-bond acceptors (Lipinski definition) is 2. The van der Waals surface area contributed by atoms with Crippen LogP contribution in [0.1, 0.15) is 40.0 Å². The van der Waals surface area contributed by atoms with Gasteiger partial charge in [0.15, 0.2) is 0 Å². The molecule has 0 aliphatic heterocycles. The third-order valence-corrected chi connectivity index (χ3v) is 4.97. The number of fused-ring (bicyclic) bond motifs is 2. The average molecular weight is 197 g/mol. The molecule has 2 aliphatic carbocycles. The lowest BCUT2D eigenvalue weighted by Gasteiger charge is -2.38. The molecule has 0 aromatic carbocycles. The Morgan fingerprint density at radius 2 is 2.07 bits per heavy atom. The number of hydrogen-bond donors (Lipinski definition) is 1. The number of amides is 1. The fourth-order valence-corrected chi connectivity index (χ4v) is 3.45. The molecule has 2 N–H and O–H groups in total. The van der Waals surface area contributed by atoms with Crippen molar-refractivity contribution in [1.29, 1.82) is 0 Å². The lowest BCUT2D eigenvalue weighted by molar-refractivity contribution is -0.000432. The van der Waals surface area contributed by atoms with Gasteiger partial charge in [-0.2, -0.15) is 0 Å². The van der Waals surface area contributed by atoms with Crippen LogP contribution in [0.2, 0.25) is 0 Å². The summed E-state index contributed by atoms with van der Waals surface area (Å²) in [4.78, 5) is 10.8.